The highest BCUT2D eigenvalue weighted by molar-refractivity contribution is 6.35. The van der Waals surface area contributed by atoms with E-state index >= 15 is 0 Å². The topological polar surface area (TPSA) is 44.0 Å². The van der Waals surface area contributed by atoms with Gasteiger partial charge in [-0.3, -0.25) is 14.2 Å². The minimum Gasteiger partial charge on any atom is -0.333 e. The lowest BCUT2D eigenvalue weighted by atomic mass is 10.1. The molecule has 0 saturated carbocycles. The van der Waals surface area contributed by atoms with Gasteiger partial charge in [0.25, 0.3) is 5.91 Å². The van der Waals surface area contributed by atoms with E-state index in [4.69, 9.17) is 11.6 Å². The van der Waals surface area contributed by atoms with Crippen LogP contribution in [0, 0.1) is 5.82 Å². The minimum absolute atomic E-state index is 0.141. The van der Waals surface area contributed by atoms with E-state index in [0.717, 1.165) is 5.56 Å². The Labute approximate surface area is 158 Å². The van der Waals surface area contributed by atoms with Crippen molar-refractivity contribution in [1.82, 2.24) is 9.13 Å². The van der Waals surface area contributed by atoms with E-state index in [2.05, 4.69) is 0 Å². The summed E-state index contributed by atoms with van der Waals surface area (Å²) in [6.07, 6.45) is 1.64. The summed E-state index contributed by atoms with van der Waals surface area (Å²) in [7, 11) is 0. The average molecular weight is 379 g/mol. The van der Waals surface area contributed by atoms with Gasteiger partial charge in [-0.05, 0) is 42.0 Å². The van der Waals surface area contributed by atoms with Crippen molar-refractivity contribution in [3.63, 3.8) is 0 Å². The zero-order valence-corrected chi connectivity index (χ0v) is 14.7. The number of nitrogens with zero attached hydrogens (tertiary/aromatic N) is 2. The van der Waals surface area contributed by atoms with Crippen LogP contribution in [0.15, 0.2) is 65.6 Å². The number of fused-ring (bicyclic) bond motifs is 4. The zero-order chi connectivity index (χ0) is 18.7. The van der Waals surface area contributed by atoms with E-state index in [0.29, 0.717) is 33.9 Å². The summed E-state index contributed by atoms with van der Waals surface area (Å²) in [5.74, 6) is -0.666. The number of carbonyl (C=O) groups is 1. The first-order valence-corrected chi connectivity index (χ1v) is 8.76. The first-order valence-electron chi connectivity index (χ1n) is 8.38. The molecular weight excluding hydrogens is 367 g/mol. The molecule has 0 bridgehead atoms. The number of aromatic nitrogens is 2. The number of para-hydroxylation sites is 1. The van der Waals surface area contributed by atoms with Gasteiger partial charge >= 0.3 is 0 Å². The average Bonchev–Trinajstić information content (AvgIpc) is 3.23. The molecule has 0 amide bonds. The van der Waals surface area contributed by atoms with Gasteiger partial charge in [0.15, 0.2) is 0 Å². The highest BCUT2D eigenvalue weighted by atomic mass is 35.5. The molecule has 27 heavy (non-hydrogen) atoms. The molecule has 0 N–H and O–H groups in total. The molecule has 3 heterocycles. The highest BCUT2D eigenvalue weighted by Gasteiger charge is 2.33. The smallest absolute Gasteiger partial charge is 0.268 e. The van der Waals surface area contributed by atoms with E-state index in [1.807, 2.05) is 4.57 Å². The first kappa shape index (κ1) is 16.0. The molecule has 0 atom stereocenters. The van der Waals surface area contributed by atoms with Crippen molar-refractivity contribution < 1.29 is 9.18 Å². The van der Waals surface area contributed by atoms with Crippen LogP contribution >= 0.6 is 11.6 Å². The Balaban J connectivity index is 1.90. The molecule has 2 aromatic carbocycles. The quantitative estimate of drug-likeness (QED) is 0.459. The molecule has 4 nitrogen and oxygen atoms in total. The minimum atomic E-state index is -0.343. The summed E-state index contributed by atoms with van der Waals surface area (Å²) in [4.78, 5) is 25.9. The number of hydrogen-bond donors (Lipinski definition) is 0. The molecule has 0 unspecified atom stereocenters. The molecular formula is C21H12ClFN2O2. The molecule has 4 aromatic rings. The third-order valence-electron chi connectivity index (χ3n) is 4.91. The fourth-order valence-electron chi connectivity index (χ4n) is 3.73. The zero-order valence-electron chi connectivity index (χ0n) is 13.9. The van der Waals surface area contributed by atoms with Crippen LogP contribution in [-0.4, -0.2) is 15.0 Å². The van der Waals surface area contributed by atoms with Crippen LogP contribution in [-0.2, 0) is 6.54 Å². The molecule has 0 fully saturated rings. The molecule has 2 aromatic heterocycles. The van der Waals surface area contributed by atoms with Gasteiger partial charge in [0, 0.05) is 18.1 Å². The van der Waals surface area contributed by atoms with Crippen molar-refractivity contribution in [2.24, 2.45) is 0 Å². The number of hydrogen-bond acceptors (Lipinski definition) is 2. The summed E-state index contributed by atoms with van der Waals surface area (Å²) in [5.41, 5.74) is 2.40. The van der Waals surface area contributed by atoms with Gasteiger partial charge in [0.1, 0.15) is 11.4 Å². The second-order valence-electron chi connectivity index (χ2n) is 6.47. The predicted octanol–water partition coefficient (Wildman–Crippen LogP) is 4.31. The van der Waals surface area contributed by atoms with Gasteiger partial charge in [0.2, 0.25) is 5.43 Å². The van der Waals surface area contributed by atoms with Gasteiger partial charge in [-0.2, -0.15) is 0 Å². The maximum Gasteiger partial charge on any atom is 0.268 e. The van der Waals surface area contributed by atoms with Crippen molar-refractivity contribution in [2.75, 3.05) is 0 Å². The monoisotopic (exact) mass is 378 g/mol. The van der Waals surface area contributed by atoms with Crippen LogP contribution in [0.25, 0.3) is 22.3 Å². The van der Waals surface area contributed by atoms with E-state index in [1.165, 1.54) is 16.7 Å². The first-order chi connectivity index (χ1) is 13.1. The van der Waals surface area contributed by atoms with Crippen molar-refractivity contribution in [1.29, 1.82) is 0 Å². The number of benzene rings is 2. The van der Waals surface area contributed by atoms with Crippen molar-refractivity contribution in [3.05, 3.63) is 93.0 Å². The number of halogens is 2. The number of rotatable bonds is 2. The van der Waals surface area contributed by atoms with E-state index in [-0.39, 0.29) is 22.7 Å². The third-order valence-corrected chi connectivity index (χ3v) is 5.22. The maximum absolute atomic E-state index is 13.3. The van der Waals surface area contributed by atoms with E-state index in [9.17, 15) is 14.0 Å². The fraction of sp³-hybridized carbons (Fsp3) is 0.0476. The van der Waals surface area contributed by atoms with Crippen molar-refractivity contribution in [2.45, 2.75) is 6.54 Å². The molecule has 132 valence electrons. The summed E-state index contributed by atoms with van der Waals surface area (Å²) in [5, 5.41) is 0.814. The second-order valence-corrected chi connectivity index (χ2v) is 6.88. The lowest BCUT2D eigenvalue weighted by Gasteiger charge is -2.17. The van der Waals surface area contributed by atoms with Crippen molar-refractivity contribution >= 4 is 28.4 Å². The van der Waals surface area contributed by atoms with Crippen LogP contribution < -0.4 is 5.43 Å². The number of pyridine rings is 1. The molecule has 1 aliphatic heterocycles. The Bertz CT molecular complexity index is 1300. The lowest BCUT2D eigenvalue weighted by molar-refractivity contribution is 0.0968. The normalized spacial score (nSPS) is 12.4. The molecule has 1 aliphatic rings. The largest absolute Gasteiger partial charge is 0.333 e. The van der Waals surface area contributed by atoms with Gasteiger partial charge in [0.05, 0.1) is 21.9 Å². The molecule has 6 heteroatoms. The fourth-order valence-corrected chi connectivity index (χ4v) is 4.01. The predicted molar refractivity (Wildman–Crippen MR) is 102 cm³/mol. The Morgan fingerprint density at radius 3 is 2.52 bits per heavy atom. The van der Waals surface area contributed by atoms with Gasteiger partial charge in [-0.1, -0.05) is 29.8 Å². The van der Waals surface area contributed by atoms with Crippen LogP contribution in [0.5, 0.6) is 0 Å². The number of carbonyl (C=O) groups excluding carboxylic acids is 1. The Morgan fingerprint density at radius 2 is 1.74 bits per heavy atom. The van der Waals surface area contributed by atoms with Gasteiger partial charge < -0.3 is 4.57 Å². The third kappa shape index (κ3) is 2.22. The maximum atomic E-state index is 13.3. The molecule has 5 rings (SSSR count). The lowest BCUT2D eigenvalue weighted by Crippen LogP contribution is -2.20. The molecule has 0 spiro atoms. The summed E-state index contributed by atoms with van der Waals surface area (Å²) in [6, 6.07) is 14.8. The van der Waals surface area contributed by atoms with E-state index < -0.39 is 0 Å². The highest BCUT2D eigenvalue weighted by Crippen LogP contribution is 2.35. The molecule has 0 aliphatic carbocycles. The SMILES string of the molecule is O=C1c2c(n(Cc3ccc(F)cc3)c3c(Cl)cccc3c2=O)-c2cccn21. The molecule has 0 radical (unpaired) electrons. The van der Waals surface area contributed by atoms with E-state index in [1.54, 1.807) is 48.7 Å². The summed E-state index contributed by atoms with van der Waals surface area (Å²) >= 11 is 6.45. The standard InChI is InChI=1S/C21H12ClFN2O2/c22-15-4-1-3-14-18(15)25(11-12-6-8-13(23)9-7-12)19-16-5-2-10-24(16)21(27)17(19)20(14)26/h1-10H,11H2. The van der Waals surface area contributed by atoms with Crippen LogP contribution in [0.3, 0.4) is 0 Å². The van der Waals surface area contributed by atoms with Crippen LogP contribution in [0.2, 0.25) is 5.02 Å². The summed E-state index contributed by atoms with van der Waals surface area (Å²) < 4.78 is 16.7. The summed E-state index contributed by atoms with van der Waals surface area (Å²) in [6.45, 7) is 0.349. The molecule has 0 saturated heterocycles. The van der Waals surface area contributed by atoms with Crippen LogP contribution in [0.4, 0.5) is 4.39 Å². The second kappa shape index (κ2) is 5.66. The van der Waals surface area contributed by atoms with Gasteiger partial charge in [-0.15, -0.1) is 0 Å². The van der Waals surface area contributed by atoms with Gasteiger partial charge in [-0.25, -0.2) is 4.39 Å². The van der Waals surface area contributed by atoms with Crippen molar-refractivity contribution in [3.8, 4) is 11.4 Å². The Hall–Kier alpha value is -3.18. The Morgan fingerprint density at radius 1 is 0.963 bits per heavy atom. The Kier molecular flexibility index (Phi) is 3.36. The van der Waals surface area contributed by atoms with Crippen LogP contribution in [0.1, 0.15) is 15.9 Å².